The first-order valence-electron chi connectivity index (χ1n) is 20.8. The molecule has 0 aromatic heterocycles. The molecule has 0 bridgehead atoms. The molecule has 316 valence electrons. The van der Waals surface area contributed by atoms with Crippen LogP contribution in [-0.4, -0.2) is 0 Å². The van der Waals surface area contributed by atoms with Gasteiger partial charge in [0.25, 0.3) is 0 Å². The summed E-state index contributed by atoms with van der Waals surface area (Å²) in [6.45, 7) is 35.6. The third-order valence-electron chi connectivity index (χ3n) is 11.7. The summed E-state index contributed by atoms with van der Waals surface area (Å²) in [5.41, 5.74) is 22.8. The van der Waals surface area contributed by atoms with Crippen molar-refractivity contribution in [3.8, 4) is 22.3 Å². The largest absolute Gasteiger partial charge is 2.00 e. The van der Waals surface area contributed by atoms with Crippen molar-refractivity contribution in [1.82, 2.24) is 0 Å². The number of halogens is 2. The summed E-state index contributed by atoms with van der Waals surface area (Å²) in [4.78, 5) is 0. The zero-order valence-corrected chi connectivity index (χ0v) is 45.9. The predicted molar refractivity (Wildman–Crippen MR) is 243 cm³/mol. The molecular formula is C56H68Cl2Zr2-2. The SMILES string of the molecule is CC(C)(C)c1[c-]c2c(cc1)-c1ccc(C(C)(C)C)cc1C2.CC(C)(C)c1[c-]c2c(cc1)-c1ccc(C(C)(C)C)cc1C2.CC1=[C-]CC=C1C.CC1=[C-]CC=C1C.[Cl-].[Cl-].[Zr+2].[Zr+2]. The standard InChI is InChI=1S/2C21H25.2C7H9.2ClH.2Zr/c2*1-20(2,3)16-7-9-18-14(12-16)11-15-13-17(21(4,5)6)8-10-19(15)18;2*1-6-4-3-5-7(6)2;;;;/h2*7-10,12H,11H2,1-6H3;2*4H,3H2,1-2H3;2*1H;;/q4*-1;;;2*+2/p-2. The Morgan fingerprint density at radius 2 is 0.733 bits per heavy atom. The van der Waals surface area contributed by atoms with E-state index >= 15 is 0 Å². The Balaban J connectivity index is 0.000000433. The number of allylic oxidation sites excluding steroid dienone is 8. The fourth-order valence-electron chi connectivity index (χ4n) is 7.35. The summed E-state index contributed by atoms with van der Waals surface area (Å²) < 4.78 is 0. The van der Waals surface area contributed by atoms with Crippen molar-refractivity contribution in [3.63, 3.8) is 0 Å². The van der Waals surface area contributed by atoms with Crippen LogP contribution in [0.15, 0.2) is 95.1 Å². The first kappa shape index (κ1) is 56.2. The van der Waals surface area contributed by atoms with Crippen LogP contribution in [0.3, 0.4) is 0 Å². The van der Waals surface area contributed by atoms with Gasteiger partial charge in [0.1, 0.15) is 0 Å². The van der Waals surface area contributed by atoms with Gasteiger partial charge in [-0.05, 0) is 56.8 Å². The quantitative estimate of drug-likeness (QED) is 0.133. The molecule has 0 fully saturated rings. The van der Waals surface area contributed by atoms with Crippen LogP contribution in [0, 0.1) is 24.3 Å². The maximum atomic E-state index is 3.67. The van der Waals surface area contributed by atoms with Crippen LogP contribution in [0.5, 0.6) is 0 Å². The van der Waals surface area contributed by atoms with Crippen LogP contribution in [0.4, 0.5) is 0 Å². The second kappa shape index (κ2) is 22.2. The van der Waals surface area contributed by atoms with Gasteiger partial charge in [-0.2, -0.15) is 59.7 Å². The van der Waals surface area contributed by atoms with Crippen LogP contribution in [0.2, 0.25) is 0 Å². The van der Waals surface area contributed by atoms with E-state index in [-0.39, 0.29) is 98.9 Å². The van der Waals surface area contributed by atoms with Crippen molar-refractivity contribution in [1.29, 1.82) is 0 Å². The van der Waals surface area contributed by atoms with E-state index in [4.69, 9.17) is 0 Å². The minimum absolute atomic E-state index is 0. The molecule has 8 rings (SSSR count). The fraction of sp³-hybridized carbons (Fsp3) is 0.429. The average molecular weight is 995 g/mol. The molecule has 4 heteroatoms. The summed E-state index contributed by atoms with van der Waals surface area (Å²) in [5, 5.41) is 0. The Hall–Kier alpha value is -1.81. The van der Waals surface area contributed by atoms with E-state index < -0.39 is 0 Å². The Kier molecular flexibility index (Phi) is 20.8. The fourth-order valence-corrected chi connectivity index (χ4v) is 7.35. The second-order valence-corrected chi connectivity index (χ2v) is 20.4. The van der Waals surface area contributed by atoms with Gasteiger partial charge in [0, 0.05) is 0 Å². The molecule has 4 aromatic carbocycles. The third-order valence-corrected chi connectivity index (χ3v) is 11.7. The molecule has 0 spiro atoms. The summed E-state index contributed by atoms with van der Waals surface area (Å²) in [7, 11) is 0. The molecule has 4 aliphatic carbocycles. The molecule has 60 heavy (non-hydrogen) atoms. The first-order chi connectivity index (χ1) is 25.9. The van der Waals surface area contributed by atoms with E-state index in [2.05, 4.69) is 208 Å². The van der Waals surface area contributed by atoms with Gasteiger partial charge in [0.15, 0.2) is 0 Å². The van der Waals surface area contributed by atoms with E-state index in [1.54, 1.807) is 0 Å². The van der Waals surface area contributed by atoms with E-state index in [1.165, 1.54) is 89.1 Å². The second-order valence-electron chi connectivity index (χ2n) is 20.4. The topological polar surface area (TPSA) is 0 Å². The predicted octanol–water partition coefficient (Wildman–Crippen LogP) is 9.48. The Labute approximate surface area is 417 Å². The molecule has 0 saturated heterocycles. The molecule has 0 heterocycles. The van der Waals surface area contributed by atoms with Crippen molar-refractivity contribution in [2.45, 2.75) is 158 Å². The summed E-state index contributed by atoms with van der Waals surface area (Å²) in [6.07, 6.45) is 14.9. The molecule has 0 N–H and O–H groups in total. The van der Waals surface area contributed by atoms with Gasteiger partial charge in [-0.3, -0.25) is 12.2 Å². The molecule has 0 nitrogen and oxygen atoms in total. The average Bonchev–Trinajstić information content (AvgIpc) is 3.88. The van der Waals surface area contributed by atoms with Gasteiger partial charge in [0.05, 0.1) is 0 Å². The summed E-state index contributed by atoms with van der Waals surface area (Å²) in [6, 6.07) is 30.3. The summed E-state index contributed by atoms with van der Waals surface area (Å²) >= 11 is 0. The molecule has 0 atom stereocenters. The van der Waals surface area contributed by atoms with Gasteiger partial charge in [-0.15, -0.1) is 48.9 Å². The van der Waals surface area contributed by atoms with E-state index in [0.29, 0.717) is 0 Å². The molecule has 0 saturated carbocycles. The van der Waals surface area contributed by atoms with E-state index in [9.17, 15) is 0 Å². The first-order valence-corrected chi connectivity index (χ1v) is 20.8. The van der Waals surface area contributed by atoms with Crippen molar-refractivity contribution in [2.75, 3.05) is 0 Å². The monoisotopic (exact) mass is 990 g/mol. The van der Waals surface area contributed by atoms with E-state index in [0.717, 1.165) is 25.7 Å². The normalized spacial score (nSPS) is 14.3. The van der Waals surface area contributed by atoms with Crippen LogP contribution in [0.25, 0.3) is 22.3 Å². The molecule has 0 amide bonds. The van der Waals surface area contributed by atoms with Gasteiger partial charge >= 0.3 is 52.4 Å². The Bertz CT molecular complexity index is 1900. The minimum Gasteiger partial charge on any atom is -1.00 e. The van der Waals surface area contributed by atoms with Gasteiger partial charge in [-0.1, -0.05) is 144 Å². The number of fused-ring (bicyclic) bond motifs is 6. The number of benzene rings is 4. The molecule has 0 unspecified atom stereocenters. The summed E-state index contributed by atoms with van der Waals surface area (Å²) in [5.74, 6) is 0. The van der Waals surface area contributed by atoms with Gasteiger partial charge in [-0.25, -0.2) is 22.3 Å². The zero-order valence-electron chi connectivity index (χ0n) is 39.5. The van der Waals surface area contributed by atoms with Crippen molar-refractivity contribution < 1.29 is 77.2 Å². The molecule has 0 radical (unpaired) electrons. The van der Waals surface area contributed by atoms with E-state index in [1.807, 2.05) is 0 Å². The van der Waals surface area contributed by atoms with Crippen LogP contribution < -0.4 is 24.8 Å². The molecule has 4 aromatic rings. The van der Waals surface area contributed by atoms with Crippen molar-refractivity contribution in [2.24, 2.45) is 0 Å². The molecular weight excluding hydrogens is 926 g/mol. The number of hydrogen-bond acceptors (Lipinski definition) is 0. The maximum Gasteiger partial charge on any atom is 2.00 e. The smallest absolute Gasteiger partial charge is 1.00 e. The zero-order chi connectivity index (χ0) is 41.4. The van der Waals surface area contributed by atoms with Crippen molar-refractivity contribution >= 4 is 0 Å². The maximum absolute atomic E-state index is 3.67. The van der Waals surface area contributed by atoms with Crippen LogP contribution >= 0.6 is 0 Å². The number of rotatable bonds is 0. The van der Waals surface area contributed by atoms with Crippen LogP contribution in [0.1, 0.15) is 168 Å². The molecule has 0 aliphatic heterocycles. The number of hydrogen-bond donors (Lipinski definition) is 0. The third kappa shape index (κ3) is 14.1. The van der Waals surface area contributed by atoms with Crippen molar-refractivity contribution in [3.05, 3.63) is 164 Å². The molecule has 4 aliphatic rings. The minimum atomic E-state index is 0. The Morgan fingerprint density at radius 3 is 0.967 bits per heavy atom. The van der Waals surface area contributed by atoms with Crippen LogP contribution in [-0.2, 0) is 86.9 Å². The Morgan fingerprint density at radius 1 is 0.417 bits per heavy atom. The van der Waals surface area contributed by atoms with Gasteiger partial charge < -0.3 is 24.8 Å². The van der Waals surface area contributed by atoms with Gasteiger partial charge in [0.2, 0.25) is 0 Å².